The number of carbonyl (C=O) groups is 1. The summed E-state index contributed by atoms with van der Waals surface area (Å²) in [6.45, 7) is 3.75. The summed E-state index contributed by atoms with van der Waals surface area (Å²) >= 11 is 1.41. The van der Waals surface area contributed by atoms with Crippen LogP contribution in [0.3, 0.4) is 0 Å². The van der Waals surface area contributed by atoms with E-state index in [0.29, 0.717) is 5.01 Å². The Kier molecular flexibility index (Phi) is 8.31. The molecule has 4 nitrogen and oxygen atoms in total. The van der Waals surface area contributed by atoms with Gasteiger partial charge in [0.1, 0.15) is 0 Å². The van der Waals surface area contributed by atoms with Crippen LogP contribution < -0.4 is 11.1 Å². The van der Waals surface area contributed by atoms with Crippen LogP contribution >= 0.6 is 11.3 Å². The van der Waals surface area contributed by atoms with Gasteiger partial charge in [0.2, 0.25) is 0 Å². The highest BCUT2D eigenvalue weighted by molar-refractivity contribution is 7.13. The minimum atomic E-state index is 0.558. The van der Waals surface area contributed by atoms with Gasteiger partial charge in [0, 0.05) is 11.1 Å². The lowest BCUT2D eigenvalue weighted by molar-refractivity contribution is 0.112. The number of nitrogens with zero attached hydrogens (tertiary/aromatic N) is 1. The molecule has 0 saturated heterocycles. The molecule has 0 bridgehead atoms. The Morgan fingerprint density at radius 3 is 2.64 bits per heavy atom. The molecule has 80 valence electrons. The Balaban J connectivity index is 0.000000255. The summed E-state index contributed by atoms with van der Waals surface area (Å²) in [5.41, 5.74) is 5.17. The Morgan fingerprint density at radius 1 is 1.71 bits per heavy atom. The average molecular weight is 215 g/mol. The maximum Gasteiger partial charge on any atom is 0.178 e. The summed E-state index contributed by atoms with van der Waals surface area (Å²) < 4.78 is 0. The molecule has 0 saturated carbocycles. The van der Waals surface area contributed by atoms with Gasteiger partial charge < -0.3 is 11.1 Å². The molecule has 0 radical (unpaired) electrons. The molecule has 0 fully saturated rings. The molecule has 0 aliphatic heterocycles. The molecule has 0 atom stereocenters. The quantitative estimate of drug-likeness (QED) is 0.576. The Morgan fingerprint density at radius 2 is 2.43 bits per heavy atom. The molecular formula is C9H17N3OS. The third-order valence-corrected chi connectivity index (χ3v) is 2.21. The van der Waals surface area contributed by atoms with Crippen molar-refractivity contribution in [2.24, 2.45) is 5.73 Å². The summed E-state index contributed by atoms with van der Waals surface area (Å²) in [5.74, 6) is 0. The van der Waals surface area contributed by atoms with Crippen molar-refractivity contribution in [1.82, 2.24) is 10.3 Å². The molecule has 3 N–H and O–H groups in total. The number of aryl methyl sites for hydroxylation is 1. The molecular weight excluding hydrogens is 198 g/mol. The van der Waals surface area contributed by atoms with Crippen LogP contribution in [0.15, 0.2) is 6.20 Å². The summed E-state index contributed by atoms with van der Waals surface area (Å²) in [6, 6.07) is 0. The lowest BCUT2D eigenvalue weighted by Gasteiger charge is -1.90. The standard InChI is InChI=1S/C5H5NOS.C4H12N2/c1-4-2-6-5(3-7)8-4;1-6-4-2-3-5/h2-3H,1H3;6H,2-5H2,1H3. The van der Waals surface area contributed by atoms with E-state index in [4.69, 9.17) is 5.73 Å². The SMILES string of the molecule is CNCCCN.Cc1cnc(C=O)s1. The number of hydrogen-bond acceptors (Lipinski definition) is 5. The van der Waals surface area contributed by atoms with Crippen molar-refractivity contribution in [1.29, 1.82) is 0 Å². The van der Waals surface area contributed by atoms with E-state index in [0.717, 1.165) is 30.7 Å². The molecule has 0 aromatic carbocycles. The summed E-state index contributed by atoms with van der Waals surface area (Å²) in [4.78, 5) is 14.8. The van der Waals surface area contributed by atoms with Gasteiger partial charge in [-0.2, -0.15) is 0 Å². The molecule has 0 aliphatic rings. The zero-order valence-corrected chi connectivity index (χ0v) is 9.43. The predicted molar refractivity (Wildman–Crippen MR) is 59.8 cm³/mol. The molecule has 1 aromatic heterocycles. The van der Waals surface area contributed by atoms with Gasteiger partial charge in [-0.3, -0.25) is 4.79 Å². The summed E-state index contributed by atoms with van der Waals surface area (Å²) in [7, 11) is 1.93. The minimum Gasteiger partial charge on any atom is -0.330 e. The maximum absolute atomic E-state index is 9.97. The fraction of sp³-hybridized carbons (Fsp3) is 0.556. The van der Waals surface area contributed by atoms with Crippen LogP contribution in [0.1, 0.15) is 21.1 Å². The summed E-state index contributed by atoms with van der Waals surface area (Å²) in [6.07, 6.45) is 3.53. The van der Waals surface area contributed by atoms with Gasteiger partial charge in [-0.15, -0.1) is 11.3 Å². The lowest BCUT2D eigenvalue weighted by atomic mass is 10.4. The third kappa shape index (κ3) is 6.71. The van der Waals surface area contributed by atoms with E-state index in [-0.39, 0.29) is 0 Å². The molecule has 5 heteroatoms. The first-order valence-corrected chi connectivity index (χ1v) is 5.28. The number of carbonyl (C=O) groups excluding carboxylic acids is 1. The second kappa shape index (κ2) is 8.80. The van der Waals surface area contributed by atoms with Crippen molar-refractivity contribution in [2.75, 3.05) is 20.1 Å². The van der Waals surface area contributed by atoms with Crippen molar-refractivity contribution in [2.45, 2.75) is 13.3 Å². The number of hydrogen-bond donors (Lipinski definition) is 2. The Bertz CT molecular complexity index is 246. The third-order valence-electron chi connectivity index (χ3n) is 1.37. The van der Waals surface area contributed by atoms with E-state index in [9.17, 15) is 4.79 Å². The van der Waals surface area contributed by atoms with Crippen molar-refractivity contribution in [3.8, 4) is 0 Å². The highest BCUT2D eigenvalue weighted by Gasteiger charge is 1.91. The molecule has 14 heavy (non-hydrogen) atoms. The topological polar surface area (TPSA) is 68.0 Å². The van der Waals surface area contributed by atoms with E-state index in [2.05, 4.69) is 10.3 Å². The molecule has 0 spiro atoms. The zero-order chi connectivity index (χ0) is 10.8. The van der Waals surface area contributed by atoms with E-state index >= 15 is 0 Å². The number of aldehydes is 1. The average Bonchev–Trinajstić information content (AvgIpc) is 2.62. The van der Waals surface area contributed by atoms with Gasteiger partial charge in [0.25, 0.3) is 0 Å². The molecule has 0 aliphatic carbocycles. The van der Waals surface area contributed by atoms with Crippen LogP contribution in [0, 0.1) is 6.92 Å². The monoisotopic (exact) mass is 215 g/mol. The smallest absolute Gasteiger partial charge is 0.178 e. The molecule has 0 unspecified atom stereocenters. The van der Waals surface area contributed by atoms with Crippen molar-refractivity contribution < 1.29 is 4.79 Å². The van der Waals surface area contributed by atoms with Crippen LogP contribution in [0.4, 0.5) is 0 Å². The van der Waals surface area contributed by atoms with E-state index in [1.807, 2.05) is 14.0 Å². The van der Waals surface area contributed by atoms with Gasteiger partial charge >= 0.3 is 0 Å². The molecule has 0 amide bonds. The van der Waals surface area contributed by atoms with Crippen LogP contribution in [0.5, 0.6) is 0 Å². The van der Waals surface area contributed by atoms with Crippen LogP contribution in [-0.2, 0) is 0 Å². The molecule has 1 rings (SSSR count). The zero-order valence-electron chi connectivity index (χ0n) is 8.62. The predicted octanol–water partition coefficient (Wildman–Crippen LogP) is 0.819. The van der Waals surface area contributed by atoms with Crippen molar-refractivity contribution in [3.05, 3.63) is 16.1 Å². The van der Waals surface area contributed by atoms with Gasteiger partial charge in [0.15, 0.2) is 11.3 Å². The fourth-order valence-corrected chi connectivity index (χ4v) is 1.29. The normalized spacial score (nSPS) is 9.07. The van der Waals surface area contributed by atoms with E-state index < -0.39 is 0 Å². The Hall–Kier alpha value is -0.780. The van der Waals surface area contributed by atoms with Gasteiger partial charge in [-0.05, 0) is 33.5 Å². The fourth-order valence-electron chi connectivity index (χ4n) is 0.705. The first kappa shape index (κ1) is 13.2. The number of aromatic nitrogens is 1. The number of nitrogens with one attached hydrogen (secondary N) is 1. The van der Waals surface area contributed by atoms with Crippen LogP contribution in [0.25, 0.3) is 0 Å². The highest BCUT2D eigenvalue weighted by Crippen LogP contribution is 2.07. The second-order valence-electron chi connectivity index (χ2n) is 2.67. The van der Waals surface area contributed by atoms with Gasteiger partial charge in [0.05, 0.1) is 0 Å². The first-order valence-electron chi connectivity index (χ1n) is 4.46. The summed E-state index contributed by atoms with van der Waals surface area (Å²) in [5, 5.41) is 3.55. The Labute approximate surface area is 88.5 Å². The van der Waals surface area contributed by atoms with E-state index in [1.165, 1.54) is 11.3 Å². The minimum absolute atomic E-state index is 0.558. The largest absolute Gasteiger partial charge is 0.330 e. The number of thiazole rings is 1. The maximum atomic E-state index is 9.97. The van der Waals surface area contributed by atoms with E-state index in [1.54, 1.807) is 6.20 Å². The number of rotatable bonds is 4. The molecule has 1 heterocycles. The van der Waals surface area contributed by atoms with Crippen molar-refractivity contribution in [3.63, 3.8) is 0 Å². The highest BCUT2D eigenvalue weighted by atomic mass is 32.1. The van der Waals surface area contributed by atoms with Gasteiger partial charge in [-0.1, -0.05) is 0 Å². The van der Waals surface area contributed by atoms with Crippen LogP contribution in [0.2, 0.25) is 0 Å². The number of nitrogens with two attached hydrogens (primary N) is 1. The van der Waals surface area contributed by atoms with Gasteiger partial charge in [-0.25, -0.2) is 4.98 Å². The first-order chi connectivity index (χ1) is 6.74. The van der Waals surface area contributed by atoms with Crippen LogP contribution in [-0.4, -0.2) is 31.4 Å². The van der Waals surface area contributed by atoms with Crippen molar-refractivity contribution >= 4 is 17.6 Å². The lowest BCUT2D eigenvalue weighted by Crippen LogP contribution is -2.12. The second-order valence-corrected chi connectivity index (χ2v) is 3.94. The molecule has 1 aromatic rings.